The van der Waals surface area contributed by atoms with Gasteiger partial charge in [-0.2, -0.15) is 0 Å². The zero-order valence-corrected chi connectivity index (χ0v) is 19.9. The number of aromatic nitrogens is 4. The van der Waals surface area contributed by atoms with Crippen LogP contribution >= 0.6 is 46.3 Å². The van der Waals surface area contributed by atoms with Gasteiger partial charge in [0.15, 0.2) is 11.0 Å². The van der Waals surface area contributed by atoms with Crippen molar-refractivity contribution in [1.82, 2.24) is 25.2 Å². The number of thiazole rings is 1. The van der Waals surface area contributed by atoms with E-state index in [-0.39, 0.29) is 5.91 Å². The molecule has 4 rings (SSSR count). The van der Waals surface area contributed by atoms with Crippen molar-refractivity contribution in [3.8, 4) is 17.1 Å². The van der Waals surface area contributed by atoms with Crippen LogP contribution in [-0.2, 0) is 10.6 Å². The lowest BCUT2D eigenvalue weighted by atomic mass is 10.2. The first-order chi connectivity index (χ1) is 15.6. The number of carbonyl (C=O) groups is 1. The fourth-order valence-corrected chi connectivity index (χ4v) is 5.01. The van der Waals surface area contributed by atoms with Gasteiger partial charge in [-0.25, -0.2) is 10.5 Å². The van der Waals surface area contributed by atoms with Crippen LogP contribution in [0, 0.1) is 0 Å². The molecule has 0 atom stereocenters. The molecule has 0 unspecified atom stereocenters. The molecule has 0 aliphatic carbocycles. The predicted molar refractivity (Wildman–Crippen MR) is 128 cm³/mol. The summed E-state index contributed by atoms with van der Waals surface area (Å²) in [5.74, 6) is 0.708. The Morgan fingerprint density at radius 3 is 2.62 bits per heavy atom. The Kier molecular flexibility index (Phi) is 7.44. The van der Waals surface area contributed by atoms with Gasteiger partial charge < -0.3 is 0 Å². The van der Waals surface area contributed by atoms with E-state index in [4.69, 9.17) is 28.0 Å². The second kappa shape index (κ2) is 10.5. The fourth-order valence-electron chi connectivity index (χ4n) is 2.83. The maximum Gasteiger partial charge on any atom is 0.294 e. The normalized spacial score (nSPS) is 11.0. The molecule has 0 aliphatic rings. The number of nitrogens with zero attached hydrogens (tertiary/aromatic N) is 4. The van der Waals surface area contributed by atoms with Gasteiger partial charge in [-0.15, -0.1) is 21.5 Å². The highest BCUT2D eigenvalue weighted by molar-refractivity contribution is 7.98. The molecule has 164 valence electrons. The number of hydroxylamine groups is 1. The Morgan fingerprint density at radius 1 is 1.12 bits per heavy atom. The number of nitrogens with one attached hydrogen (secondary N) is 1. The highest BCUT2D eigenvalue weighted by Gasteiger charge is 2.20. The lowest BCUT2D eigenvalue weighted by Crippen LogP contribution is -2.23. The average molecular weight is 506 g/mol. The summed E-state index contributed by atoms with van der Waals surface area (Å²) in [6.45, 7) is 2.17. The van der Waals surface area contributed by atoms with E-state index in [0.717, 1.165) is 16.3 Å². The molecule has 0 aliphatic heterocycles. The summed E-state index contributed by atoms with van der Waals surface area (Å²) in [5, 5.41) is 13.0. The second-order valence-corrected chi connectivity index (χ2v) is 9.05. The van der Waals surface area contributed by atoms with E-state index in [9.17, 15) is 4.79 Å². The first-order valence-corrected chi connectivity index (χ1v) is 12.1. The van der Waals surface area contributed by atoms with Gasteiger partial charge in [-0.05, 0) is 31.2 Å². The number of carbonyl (C=O) groups excluding carboxylic acids is 1. The maximum absolute atomic E-state index is 12.0. The summed E-state index contributed by atoms with van der Waals surface area (Å²) in [6, 6.07) is 14.9. The van der Waals surface area contributed by atoms with Crippen molar-refractivity contribution in [2.24, 2.45) is 0 Å². The van der Waals surface area contributed by atoms with Crippen molar-refractivity contribution in [2.45, 2.75) is 17.8 Å². The zero-order chi connectivity index (χ0) is 22.5. The molecular weight excluding hydrogens is 489 g/mol. The fraction of sp³-hybridized carbons (Fsp3) is 0.143. The van der Waals surface area contributed by atoms with E-state index < -0.39 is 0 Å². The van der Waals surface area contributed by atoms with Gasteiger partial charge in [0.1, 0.15) is 10.7 Å². The minimum Gasteiger partial charge on any atom is -0.274 e. The van der Waals surface area contributed by atoms with Crippen LogP contribution in [-0.4, -0.2) is 32.3 Å². The van der Waals surface area contributed by atoms with Crippen molar-refractivity contribution in [3.63, 3.8) is 0 Å². The highest BCUT2D eigenvalue weighted by Crippen LogP contribution is 2.35. The molecule has 2 aromatic heterocycles. The number of amides is 1. The molecule has 7 nitrogen and oxygen atoms in total. The Bertz CT molecular complexity index is 1240. The molecule has 0 saturated heterocycles. The third-order valence-corrected chi connectivity index (χ3v) is 6.88. The molecular formula is C21H17Cl2N5O2S2. The number of halogens is 2. The van der Waals surface area contributed by atoms with E-state index in [2.05, 4.69) is 20.7 Å². The van der Waals surface area contributed by atoms with Gasteiger partial charge in [0.25, 0.3) is 5.91 Å². The van der Waals surface area contributed by atoms with Gasteiger partial charge in [-0.1, -0.05) is 59.2 Å². The van der Waals surface area contributed by atoms with E-state index in [1.165, 1.54) is 23.1 Å². The summed E-state index contributed by atoms with van der Waals surface area (Å²) < 4.78 is 1.88. The van der Waals surface area contributed by atoms with Crippen LogP contribution in [0.3, 0.4) is 0 Å². The molecule has 4 aromatic rings. The number of thioether (sulfide) groups is 1. The molecule has 0 fully saturated rings. The van der Waals surface area contributed by atoms with E-state index in [0.29, 0.717) is 39.1 Å². The number of hydrogen-bond donors (Lipinski definition) is 1. The van der Waals surface area contributed by atoms with Crippen LogP contribution < -0.4 is 5.48 Å². The minimum atomic E-state index is -0.375. The van der Waals surface area contributed by atoms with Gasteiger partial charge >= 0.3 is 0 Å². The first kappa shape index (κ1) is 22.8. The van der Waals surface area contributed by atoms with Crippen LogP contribution in [0.15, 0.2) is 59.1 Å². The number of rotatable bonds is 8. The lowest BCUT2D eigenvalue weighted by Gasteiger charge is -2.12. The van der Waals surface area contributed by atoms with E-state index >= 15 is 0 Å². The minimum absolute atomic E-state index is 0.309. The smallest absolute Gasteiger partial charge is 0.274 e. The Hall–Kier alpha value is -2.43. The van der Waals surface area contributed by atoms with Crippen molar-refractivity contribution < 1.29 is 9.63 Å². The van der Waals surface area contributed by atoms with Gasteiger partial charge in [0, 0.05) is 10.9 Å². The Labute approximate surface area is 202 Å². The lowest BCUT2D eigenvalue weighted by molar-refractivity contribution is 0.0360. The quantitative estimate of drug-likeness (QED) is 0.245. The molecule has 0 bridgehead atoms. The summed E-state index contributed by atoms with van der Waals surface area (Å²) >= 11 is 15.8. The number of hydrogen-bond acceptors (Lipinski definition) is 7. The maximum atomic E-state index is 12.0. The summed E-state index contributed by atoms with van der Waals surface area (Å²) in [4.78, 5) is 21.3. The third-order valence-electron chi connectivity index (χ3n) is 4.26. The van der Waals surface area contributed by atoms with Crippen molar-refractivity contribution in [3.05, 3.63) is 74.7 Å². The average Bonchev–Trinajstić information content (AvgIpc) is 3.44. The van der Waals surface area contributed by atoms with Gasteiger partial charge in [-0.3, -0.25) is 14.2 Å². The van der Waals surface area contributed by atoms with Crippen molar-refractivity contribution >= 4 is 52.2 Å². The summed E-state index contributed by atoms with van der Waals surface area (Å²) in [7, 11) is 0. The van der Waals surface area contributed by atoms with E-state index in [1.807, 2.05) is 47.0 Å². The molecule has 2 aromatic carbocycles. The molecule has 11 heteroatoms. The van der Waals surface area contributed by atoms with Crippen molar-refractivity contribution in [1.29, 1.82) is 0 Å². The molecule has 2 heterocycles. The summed E-state index contributed by atoms with van der Waals surface area (Å²) in [5.41, 5.74) is 4.14. The van der Waals surface area contributed by atoms with Crippen LogP contribution in [0.2, 0.25) is 10.0 Å². The standard InChI is InChI=1S/C21H17Cl2N5O2S2/c1-2-30-27-20(29)16-11-31-18(24-16)12-32-21-26-25-19(13-7-3-4-8-14(13)22)28(21)17-10-6-5-9-15(17)23/h3-11H,2,12H2,1H3,(H,27,29). The Morgan fingerprint density at radius 2 is 1.88 bits per heavy atom. The summed E-state index contributed by atoms with van der Waals surface area (Å²) in [6.07, 6.45) is 0. The second-order valence-electron chi connectivity index (χ2n) is 6.35. The van der Waals surface area contributed by atoms with Crippen LogP contribution in [0.25, 0.3) is 17.1 Å². The van der Waals surface area contributed by atoms with Crippen LogP contribution in [0.5, 0.6) is 0 Å². The van der Waals surface area contributed by atoms with Crippen molar-refractivity contribution in [2.75, 3.05) is 6.61 Å². The molecule has 0 radical (unpaired) electrons. The molecule has 1 amide bonds. The van der Waals surface area contributed by atoms with Crippen LogP contribution in [0.1, 0.15) is 22.4 Å². The van der Waals surface area contributed by atoms with E-state index in [1.54, 1.807) is 18.4 Å². The molecule has 1 N–H and O–H groups in total. The molecule has 32 heavy (non-hydrogen) atoms. The zero-order valence-electron chi connectivity index (χ0n) is 16.8. The number of para-hydroxylation sites is 1. The molecule has 0 saturated carbocycles. The topological polar surface area (TPSA) is 81.9 Å². The van der Waals surface area contributed by atoms with Gasteiger partial charge in [0.05, 0.1) is 28.1 Å². The predicted octanol–water partition coefficient (Wildman–Crippen LogP) is 5.67. The first-order valence-electron chi connectivity index (χ1n) is 9.53. The number of benzene rings is 2. The Balaban J connectivity index is 1.64. The largest absolute Gasteiger partial charge is 0.294 e. The third kappa shape index (κ3) is 4.97. The SMILES string of the molecule is CCONC(=O)c1csc(CSc2nnc(-c3ccccc3Cl)n2-c2ccccc2Cl)n1. The molecule has 0 spiro atoms. The highest BCUT2D eigenvalue weighted by atomic mass is 35.5. The van der Waals surface area contributed by atoms with Crippen LogP contribution in [0.4, 0.5) is 0 Å². The monoisotopic (exact) mass is 505 g/mol. The van der Waals surface area contributed by atoms with Gasteiger partial charge in [0.2, 0.25) is 0 Å².